The first-order chi connectivity index (χ1) is 13.6. The third-order valence-corrected chi connectivity index (χ3v) is 7.73. The van der Waals surface area contributed by atoms with Gasteiger partial charge < -0.3 is 5.32 Å². The Balaban J connectivity index is 1.20. The average molecular weight is 376 g/mol. The van der Waals surface area contributed by atoms with E-state index in [0.29, 0.717) is 11.8 Å². The molecule has 6 aliphatic rings. The van der Waals surface area contributed by atoms with Crippen molar-refractivity contribution >= 4 is 23.4 Å². The van der Waals surface area contributed by atoms with Crippen LogP contribution in [-0.4, -0.2) is 29.2 Å². The molecule has 2 bridgehead atoms. The highest BCUT2D eigenvalue weighted by Gasteiger charge is 2.67. The van der Waals surface area contributed by atoms with Crippen LogP contribution < -0.4 is 5.32 Å². The molecule has 144 valence electrons. The Morgan fingerprint density at radius 1 is 1.00 bits per heavy atom. The van der Waals surface area contributed by atoms with Crippen LogP contribution in [0.15, 0.2) is 30.4 Å². The Kier molecular flexibility index (Phi) is 3.41. The predicted molar refractivity (Wildman–Crippen MR) is 103 cm³/mol. The number of nitrogens with zero attached hydrogens (tertiary/aromatic N) is 1. The van der Waals surface area contributed by atoms with Crippen LogP contribution in [0.2, 0.25) is 0 Å². The van der Waals surface area contributed by atoms with Crippen LogP contribution >= 0.6 is 0 Å². The second-order valence-electron chi connectivity index (χ2n) is 9.12. The highest BCUT2D eigenvalue weighted by Crippen LogP contribution is 2.65. The molecular formula is C23H24N2O3. The van der Waals surface area contributed by atoms with E-state index in [1.165, 1.54) is 22.4 Å². The van der Waals surface area contributed by atoms with Crippen LogP contribution in [0.25, 0.3) is 0 Å². The maximum atomic E-state index is 13.0. The Labute approximate surface area is 164 Å². The van der Waals surface area contributed by atoms with Crippen molar-refractivity contribution in [3.8, 4) is 0 Å². The second-order valence-corrected chi connectivity index (χ2v) is 9.12. The van der Waals surface area contributed by atoms with Gasteiger partial charge in [-0.2, -0.15) is 0 Å². The largest absolute Gasteiger partial charge is 0.324 e. The summed E-state index contributed by atoms with van der Waals surface area (Å²) in [5, 5.41) is 2.97. The summed E-state index contributed by atoms with van der Waals surface area (Å²) in [7, 11) is 0. The van der Waals surface area contributed by atoms with Gasteiger partial charge in [-0.3, -0.25) is 19.3 Å². The second kappa shape index (κ2) is 5.79. The third kappa shape index (κ3) is 2.22. The first-order valence-electron chi connectivity index (χ1n) is 10.6. The molecule has 5 heteroatoms. The molecule has 5 nitrogen and oxygen atoms in total. The SMILES string of the molecule is O=C(CN1C(=O)[C@@H]2[C@H]3C=C[C@@H]([C@@H]4C[C@@H]34)[C@H]2C1=O)Nc1cccc2c1CCCC2. The van der Waals surface area contributed by atoms with E-state index in [0.717, 1.165) is 31.4 Å². The van der Waals surface area contributed by atoms with Gasteiger partial charge in [-0.25, -0.2) is 0 Å². The zero-order chi connectivity index (χ0) is 19.0. The molecule has 1 saturated heterocycles. The minimum Gasteiger partial charge on any atom is -0.324 e. The molecule has 5 aliphatic carbocycles. The number of benzene rings is 1. The molecule has 0 radical (unpaired) electrons. The minimum absolute atomic E-state index is 0.134. The number of aryl methyl sites for hydroxylation is 1. The van der Waals surface area contributed by atoms with Gasteiger partial charge in [0.05, 0.1) is 11.8 Å². The van der Waals surface area contributed by atoms with E-state index >= 15 is 0 Å². The van der Waals surface area contributed by atoms with Crippen LogP contribution in [0, 0.1) is 35.5 Å². The zero-order valence-electron chi connectivity index (χ0n) is 15.8. The number of fused-ring (bicyclic) bond motifs is 1. The molecule has 2 saturated carbocycles. The van der Waals surface area contributed by atoms with Gasteiger partial charge in [0.2, 0.25) is 17.7 Å². The normalized spacial score (nSPS) is 36.8. The number of likely N-dealkylation sites (tertiary alicyclic amines) is 1. The van der Waals surface area contributed by atoms with Gasteiger partial charge in [-0.05, 0) is 73.0 Å². The Bertz CT molecular complexity index is 900. The molecule has 1 aromatic rings. The summed E-state index contributed by atoms with van der Waals surface area (Å²) in [6.07, 6.45) is 9.79. The van der Waals surface area contributed by atoms with Crippen molar-refractivity contribution in [2.45, 2.75) is 32.1 Å². The quantitative estimate of drug-likeness (QED) is 0.651. The van der Waals surface area contributed by atoms with Crippen molar-refractivity contribution in [3.05, 3.63) is 41.5 Å². The summed E-state index contributed by atoms with van der Waals surface area (Å²) in [6.45, 7) is -0.164. The fourth-order valence-corrected chi connectivity index (χ4v) is 6.41. The van der Waals surface area contributed by atoms with Crippen LogP contribution in [0.4, 0.5) is 5.69 Å². The number of anilines is 1. The summed E-state index contributed by atoms with van der Waals surface area (Å²) < 4.78 is 0. The van der Waals surface area contributed by atoms with Crippen LogP contribution in [-0.2, 0) is 27.2 Å². The monoisotopic (exact) mass is 376 g/mol. The van der Waals surface area contributed by atoms with Crippen molar-refractivity contribution in [3.63, 3.8) is 0 Å². The number of hydrogen-bond acceptors (Lipinski definition) is 3. The summed E-state index contributed by atoms with van der Waals surface area (Å²) in [6, 6.07) is 6.01. The number of carbonyl (C=O) groups excluding carboxylic acids is 3. The number of carbonyl (C=O) groups is 3. The number of allylic oxidation sites excluding steroid dienone is 2. The lowest BCUT2D eigenvalue weighted by Gasteiger charge is -2.37. The smallest absolute Gasteiger partial charge is 0.244 e. The van der Waals surface area contributed by atoms with Crippen molar-refractivity contribution in [1.29, 1.82) is 0 Å². The van der Waals surface area contributed by atoms with Crippen LogP contribution in [0.3, 0.4) is 0 Å². The van der Waals surface area contributed by atoms with Crippen molar-refractivity contribution in [1.82, 2.24) is 4.90 Å². The lowest BCUT2D eigenvalue weighted by Crippen LogP contribution is -2.40. The summed E-state index contributed by atoms with van der Waals surface area (Å²) >= 11 is 0. The maximum absolute atomic E-state index is 13.0. The molecule has 1 aliphatic heterocycles. The maximum Gasteiger partial charge on any atom is 0.244 e. The van der Waals surface area contributed by atoms with E-state index in [9.17, 15) is 14.4 Å². The van der Waals surface area contributed by atoms with E-state index in [-0.39, 0.29) is 47.9 Å². The molecule has 0 spiro atoms. The molecule has 3 fully saturated rings. The molecule has 1 heterocycles. The minimum atomic E-state index is -0.273. The van der Waals surface area contributed by atoms with Crippen molar-refractivity contribution in [2.75, 3.05) is 11.9 Å². The number of imide groups is 1. The molecule has 1 aromatic carbocycles. The number of nitrogens with one attached hydrogen (secondary N) is 1. The van der Waals surface area contributed by atoms with Gasteiger partial charge >= 0.3 is 0 Å². The lowest BCUT2D eigenvalue weighted by molar-refractivity contribution is -0.142. The summed E-state index contributed by atoms with van der Waals surface area (Å²) in [5.74, 6) is 0.554. The van der Waals surface area contributed by atoms with Gasteiger partial charge in [0.25, 0.3) is 0 Å². The topological polar surface area (TPSA) is 66.5 Å². The molecule has 28 heavy (non-hydrogen) atoms. The first kappa shape index (κ1) is 16.5. The molecule has 0 aromatic heterocycles. The number of amides is 3. The summed E-state index contributed by atoms with van der Waals surface area (Å²) in [4.78, 5) is 40.0. The molecule has 7 rings (SSSR count). The number of rotatable bonds is 3. The third-order valence-electron chi connectivity index (χ3n) is 7.73. The van der Waals surface area contributed by atoms with Gasteiger partial charge in [0, 0.05) is 5.69 Å². The molecular weight excluding hydrogens is 352 g/mol. The van der Waals surface area contributed by atoms with Gasteiger partial charge in [0.15, 0.2) is 0 Å². The van der Waals surface area contributed by atoms with Gasteiger partial charge in [0.1, 0.15) is 6.54 Å². The standard InChI is InChI=1S/C23H24N2O3/c26-19(24-18-7-3-5-12-4-1-2-6-13(12)18)11-25-22(27)20-14-8-9-15(17-10-16(14)17)21(20)23(25)28/h3,5,7-9,14-17,20-21H,1-2,4,6,10-11H2,(H,24,26)/t14-,15-,16-,17-,20+,21+/m0/s1. The van der Waals surface area contributed by atoms with Crippen LogP contribution in [0.1, 0.15) is 30.4 Å². The van der Waals surface area contributed by atoms with E-state index in [1.807, 2.05) is 12.1 Å². The molecule has 0 unspecified atom stereocenters. The Morgan fingerprint density at radius 3 is 2.39 bits per heavy atom. The highest BCUT2D eigenvalue weighted by molar-refractivity contribution is 6.09. The first-order valence-corrected chi connectivity index (χ1v) is 10.6. The van der Waals surface area contributed by atoms with E-state index < -0.39 is 0 Å². The van der Waals surface area contributed by atoms with E-state index in [1.54, 1.807) is 0 Å². The van der Waals surface area contributed by atoms with E-state index in [2.05, 4.69) is 23.5 Å². The number of hydrogen-bond donors (Lipinski definition) is 1. The van der Waals surface area contributed by atoms with Crippen molar-refractivity contribution < 1.29 is 14.4 Å². The van der Waals surface area contributed by atoms with Gasteiger partial charge in [-0.15, -0.1) is 0 Å². The Morgan fingerprint density at radius 2 is 1.68 bits per heavy atom. The highest BCUT2D eigenvalue weighted by atomic mass is 16.2. The summed E-state index contributed by atoms with van der Waals surface area (Å²) in [5.41, 5.74) is 3.34. The fraction of sp³-hybridized carbons (Fsp3) is 0.522. The predicted octanol–water partition coefficient (Wildman–Crippen LogP) is 2.56. The van der Waals surface area contributed by atoms with Crippen LogP contribution in [0.5, 0.6) is 0 Å². The Hall–Kier alpha value is -2.43. The fourth-order valence-electron chi connectivity index (χ4n) is 6.41. The zero-order valence-corrected chi connectivity index (χ0v) is 15.8. The lowest BCUT2D eigenvalue weighted by atomic mass is 9.63. The van der Waals surface area contributed by atoms with Crippen molar-refractivity contribution in [2.24, 2.45) is 35.5 Å². The molecule has 3 amide bonds. The average Bonchev–Trinajstić information content (AvgIpc) is 3.49. The molecule has 6 atom stereocenters. The van der Waals surface area contributed by atoms with Gasteiger partial charge in [-0.1, -0.05) is 24.3 Å². The molecule has 1 N–H and O–H groups in total. The van der Waals surface area contributed by atoms with E-state index in [4.69, 9.17) is 0 Å².